The van der Waals surface area contributed by atoms with Crippen LogP contribution < -0.4 is 5.32 Å². The average Bonchev–Trinajstić information content (AvgIpc) is 2.52. The molecular weight excluding hydrogens is 304 g/mol. The van der Waals surface area contributed by atoms with Gasteiger partial charge in [0.25, 0.3) is 0 Å². The summed E-state index contributed by atoms with van der Waals surface area (Å²) in [5.74, 6) is 2.00. The molecule has 1 fully saturated rings. The Balaban J connectivity index is 2.00. The van der Waals surface area contributed by atoms with Crippen LogP contribution in [-0.2, 0) is 4.74 Å². The Morgan fingerprint density at radius 1 is 1.38 bits per heavy atom. The second-order valence-electron chi connectivity index (χ2n) is 4.81. The Kier molecular flexibility index (Phi) is 6.32. The number of rotatable bonds is 4. The molecule has 1 aromatic rings. The van der Waals surface area contributed by atoms with E-state index in [0.29, 0.717) is 11.7 Å². The van der Waals surface area contributed by atoms with Gasteiger partial charge in [0.05, 0.1) is 6.04 Å². The maximum atomic E-state index is 12.3. The summed E-state index contributed by atoms with van der Waals surface area (Å²) in [4.78, 5) is 14.2. The Morgan fingerprint density at radius 3 is 2.67 bits per heavy atom. The third-order valence-electron chi connectivity index (χ3n) is 3.25. The highest BCUT2D eigenvalue weighted by Gasteiger charge is 2.21. The predicted octanol–water partition coefficient (Wildman–Crippen LogP) is 2.85. The summed E-state index contributed by atoms with van der Waals surface area (Å²) in [5.41, 5.74) is 1.02. The average molecular weight is 324 g/mol. The molecule has 1 unspecified atom stereocenters. The van der Waals surface area contributed by atoms with Gasteiger partial charge >= 0.3 is 6.03 Å². The van der Waals surface area contributed by atoms with Gasteiger partial charge in [-0.3, -0.25) is 0 Å². The van der Waals surface area contributed by atoms with Crippen molar-refractivity contribution in [3.05, 3.63) is 35.9 Å². The first-order valence-electron chi connectivity index (χ1n) is 6.98. The van der Waals surface area contributed by atoms with E-state index in [1.165, 1.54) is 0 Å². The molecule has 2 rings (SSSR count). The van der Waals surface area contributed by atoms with Gasteiger partial charge in [-0.25, -0.2) is 4.79 Å². The second-order valence-corrected chi connectivity index (χ2v) is 6.61. The summed E-state index contributed by atoms with van der Waals surface area (Å²) in [6, 6.07) is 9.61. The van der Waals surface area contributed by atoms with E-state index in [-0.39, 0.29) is 12.1 Å². The van der Waals surface area contributed by atoms with Crippen LogP contribution in [-0.4, -0.2) is 47.2 Å². The summed E-state index contributed by atoms with van der Waals surface area (Å²) in [7, 11) is 0. The number of hydrogen-bond acceptors (Lipinski definition) is 4. The standard InChI is InChI=1S/C15H20N2O2S2/c1-12(20)19-11-14(13-5-3-2-4-6-13)16-15(18)17-7-9-21-10-8-17/h2-6,14H,7-11H2,1H3,(H,16,18). The van der Waals surface area contributed by atoms with Crippen LogP contribution in [0.1, 0.15) is 18.5 Å². The fourth-order valence-corrected chi connectivity index (χ4v) is 3.09. The van der Waals surface area contributed by atoms with Gasteiger partial charge in [-0.15, -0.1) is 0 Å². The van der Waals surface area contributed by atoms with E-state index in [1.807, 2.05) is 47.0 Å². The minimum Gasteiger partial charge on any atom is -0.485 e. The van der Waals surface area contributed by atoms with E-state index in [0.717, 1.165) is 30.2 Å². The van der Waals surface area contributed by atoms with Gasteiger partial charge in [-0.1, -0.05) is 30.3 Å². The van der Waals surface area contributed by atoms with Gasteiger partial charge in [0, 0.05) is 31.5 Å². The molecule has 1 atom stereocenters. The van der Waals surface area contributed by atoms with Crippen molar-refractivity contribution < 1.29 is 9.53 Å². The molecule has 1 aliphatic rings. The van der Waals surface area contributed by atoms with Crippen LogP contribution in [0.3, 0.4) is 0 Å². The Bertz CT molecular complexity index is 476. The second kappa shape index (κ2) is 8.24. The highest BCUT2D eigenvalue weighted by atomic mass is 32.2. The summed E-state index contributed by atoms with van der Waals surface area (Å²) in [6.07, 6.45) is 0. The lowest BCUT2D eigenvalue weighted by Crippen LogP contribution is -2.46. The van der Waals surface area contributed by atoms with Crippen molar-refractivity contribution in [1.82, 2.24) is 10.2 Å². The molecule has 4 nitrogen and oxygen atoms in total. The maximum Gasteiger partial charge on any atom is 0.318 e. The number of hydrogen-bond donors (Lipinski definition) is 1. The van der Waals surface area contributed by atoms with Crippen molar-refractivity contribution in [3.63, 3.8) is 0 Å². The van der Waals surface area contributed by atoms with Crippen LogP contribution in [0.15, 0.2) is 30.3 Å². The van der Waals surface area contributed by atoms with Gasteiger partial charge in [-0.05, 0) is 17.8 Å². The molecule has 2 amide bonds. The summed E-state index contributed by atoms with van der Waals surface area (Å²) in [6.45, 7) is 3.69. The molecule has 0 radical (unpaired) electrons. The third-order valence-corrected chi connectivity index (χ3v) is 4.31. The van der Waals surface area contributed by atoms with E-state index in [9.17, 15) is 4.79 Å². The van der Waals surface area contributed by atoms with Crippen molar-refractivity contribution >= 4 is 35.1 Å². The van der Waals surface area contributed by atoms with Gasteiger partial charge < -0.3 is 15.0 Å². The molecule has 0 saturated carbocycles. The number of carbonyl (C=O) groups excluding carboxylic acids is 1. The predicted molar refractivity (Wildman–Crippen MR) is 90.8 cm³/mol. The lowest BCUT2D eigenvalue weighted by Gasteiger charge is -2.29. The number of thiocarbonyl (C=S) groups is 1. The first-order chi connectivity index (χ1) is 10.2. The van der Waals surface area contributed by atoms with Crippen LogP contribution >= 0.6 is 24.0 Å². The number of amides is 2. The first-order valence-corrected chi connectivity index (χ1v) is 8.54. The Morgan fingerprint density at radius 2 is 2.05 bits per heavy atom. The van der Waals surface area contributed by atoms with Crippen molar-refractivity contribution in [2.24, 2.45) is 0 Å². The fraction of sp³-hybridized carbons (Fsp3) is 0.467. The summed E-state index contributed by atoms with van der Waals surface area (Å²) in [5, 5.41) is 3.54. The number of nitrogens with one attached hydrogen (secondary N) is 1. The largest absolute Gasteiger partial charge is 0.485 e. The normalized spacial score (nSPS) is 16.1. The van der Waals surface area contributed by atoms with Gasteiger partial charge in [-0.2, -0.15) is 11.8 Å². The zero-order valence-corrected chi connectivity index (χ0v) is 13.7. The fourth-order valence-electron chi connectivity index (χ4n) is 2.11. The molecule has 0 aromatic heterocycles. The van der Waals surface area contributed by atoms with Crippen molar-refractivity contribution in [1.29, 1.82) is 0 Å². The van der Waals surface area contributed by atoms with Crippen molar-refractivity contribution in [2.45, 2.75) is 13.0 Å². The quantitative estimate of drug-likeness (QED) is 0.865. The Hall–Kier alpha value is -1.27. The monoisotopic (exact) mass is 324 g/mol. The number of urea groups is 1. The molecule has 1 aromatic carbocycles. The molecule has 21 heavy (non-hydrogen) atoms. The molecule has 0 aliphatic carbocycles. The Labute approximate surface area is 135 Å². The minimum atomic E-state index is -0.189. The van der Waals surface area contributed by atoms with E-state index < -0.39 is 0 Å². The zero-order chi connectivity index (χ0) is 15.1. The van der Waals surface area contributed by atoms with E-state index in [2.05, 4.69) is 5.32 Å². The molecule has 1 aliphatic heterocycles. The van der Waals surface area contributed by atoms with Gasteiger partial charge in [0.1, 0.15) is 6.61 Å². The summed E-state index contributed by atoms with van der Waals surface area (Å²) >= 11 is 6.84. The lowest BCUT2D eigenvalue weighted by molar-refractivity contribution is 0.189. The molecular formula is C15H20N2O2S2. The first kappa shape index (κ1) is 16.1. The smallest absolute Gasteiger partial charge is 0.318 e. The number of carbonyl (C=O) groups is 1. The van der Waals surface area contributed by atoms with Crippen LogP contribution in [0.5, 0.6) is 0 Å². The number of thioether (sulfide) groups is 1. The van der Waals surface area contributed by atoms with E-state index >= 15 is 0 Å². The lowest BCUT2D eigenvalue weighted by atomic mass is 10.1. The highest BCUT2D eigenvalue weighted by Crippen LogP contribution is 2.15. The van der Waals surface area contributed by atoms with Crippen LogP contribution in [0, 0.1) is 0 Å². The van der Waals surface area contributed by atoms with Gasteiger partial charge in [0.2, 0.25) is 0 Å². The molecule has 1 heterocycles. The number of nitrogens with zero attached hydrogens (tertiary/aromatic N) is 1. The van der Waals surface area contributed by atoms with Crippen LogP contribution in [0.2, 0.25) is 0 Å². The molecule has 6 heteroatoms. The molecule has 114 valence electrons. The third kappa shape index (κ3) is 5.21. The van der Waals surface area contributed by atoms with Crippen LogP contribution in [0.4, 0.5) is 4.79 Å². The minimum absolute atomic E-state index is 0.0326. The SMILES string of the molecule is CC(=S)OCC(NC(=O)N1CCSCC1)c1ccccc1. The summed E-state index contributed by atoms with van der Waals surface area (Å²) < 4.78 is 5.44. The molecule has 1 saturated heterocycles. The van der Waals surface area contributed by atoms with E-state index in [1.54, 1.807) is 6.92 Å². The van der Waals surface area contributed by atoms with Crippen molar-refractivity contribution in [3.8, 4) is 0 Å². The maximum absolute atomic E-state index is 12.3. The highest BCUT2D eigenvalue weighted by molar-refractivity contribution is 7.99. The molecule has 0 bridgehead atoms. The zero-order valence-electron chi connectivity index (χ0n) is 12.1. The topological polar surface area (TPSA) is 41.6 Å². The number of benzene rings is 1. The molecule has 1 N–H and O–H groups in total. The van der Waals surface area contributed by atoms with Gasteiger partial charge in [0.15, 0.2) is 5.05 Å². The van der Waals surface area contributed by atoms with Crippen molar-refractivity contribution in [2.75, 3.05) is 31.2 Å². The van der Waals surface area contributed by atoms with E-state index in [4.69, 9.17) is 17.0 Å². The molecule has 0 spiro atoms. The van der Waals surface area contributed by atoms with Crippen LogP contribution in [0.25, 0.3) is 0 Å². The number of ether oxygens (including phenoxy) is 1.